The fourth-order valence-electron chi connectivity index (χ4n) is 12.2. The van der Waals surface area contributed by atoms with Gasteiger partial charge in [-0.3, -0.25) is 9.59 Å². The molecule has 5 saturated carbocycles. The van der Waals surface area contributed by atoms with Gasteiger partial charge in [0, 0.05) is 12.0 Å². The van der Waals surface area contributed by atoms with Crippen LogP contribution in [-0.2, 0) is 14.3 Å². The van der Waals surface area contributed by atoms with Crippen LogP contribution in [0.4, 0.5) is 0 Å². The van der Waals surface area contributed by atoms with E-state index in [1.54, 1.807) is 0 Å². The first kappa shape index (κ1) is 29.1. The maximum atomic E-state index is 12.5. The number of aliphatic hydroxyl groups is 1. The molecule has 0 aromatic rings. The van der Waals surface area contributed by atoms with E-state index in [0.717, 1.165) is 32.1 Å². The van der Waals surface area contributed by atoms with E-state index in [9.17, 15) is 14.7 Å². The fraction of sp³-hybridized carbons (Fsp3) is 0.882. The standard InChI is InChI=1S/C34H54O5/c1-21(2)22-12-17-34(20-35)19-18-32(6)23(29(22)34)8-9-25-31(5)15-14-26(39-28(38)11-10-27(36)37)30(3,4)24(31)13-16-33(25,32)7/h22-26,29,35H,1,8-20H2,2-7H3,(H,36,37)/t22-,23+,24-,25+,26-,29+,31-,32+,33+,34+/m0/s1. The van der Waals surface area contributed by atoms with Crippen LogP contribution in [0.1, 0.15) is 119 Å². The molecule has 0 aromatic heterocycles. The molecular formula is C34H54O5. The molecule has 220 valence electrons. The number of fused-ring (bicyclic) bond motifs is 7. The van der Waals surface area contributed by atoms with Crippen molar-refractivity contribution < 1.29 is 24.5 Å². The number of esters is 1. The smallest absolute Gasteiger partial charge is 0.306 e. The lowest BCUT2D eigenvalue weighted by Crippen LogP contribution is -2.67. The summed E-state index contributed by atoms with van der Waals surface area (Å²) in [5.41, 5.74) is 1.98. The van der Waals surface area contributed by atoms with Crippen molar-refractivity contribution in [2.75, 3.05) is 6.61 Å². The van der Waals surface area contributed by atoms with Gasteiger partial charge in [-0.25, -0.2) is 0 Å². The highest BCUT2D eigenvalue weighted by molar-refractivity contribution is 5.76. The van der Waals surface area contributed by atoms with Crippen LogP contribution in [-0.4, -0.2) is 34.9 Å². The first-order valence-corrected chi connectivity index (χ1v) is 15.8. The molecular weight excluding hydrogens is 488 g/mol. The Bertz CT molecular complexity index is 1020. The molecule has 0 bridgehead atoms. The SMILES string of the molecule is C=C(C)[C@@H]1CC[C@]2(CO)CC[C@]3(C)[C@H](CC[C@@H]4[C@@]5(C)CC[C@H](OC(=O)CCC(=O)O)C(C)(C)[C@@H]5CC[C@]43C)[C@@H]12. The maximum absolute atomic E-state index is 12.5. The van der Waals surface area contributed by atoms with E-state index >= 15 is 0 Å². The van der Waals surface area contributed by atoms with Crippen LogP contribution >= 0.6 is 0 Å². The van der Waals surface area contributed by atoms with Crippen molar-refractivity contribution in [1.29, 1.82) is 0 Å². The Balaban J connectivity index is 1.42. The summed E-state index contributed by atoms with van der Waals surface area (Å²) in [6.07, 6.45) is 11.1. The van der Waals surface area contributed by atoms with E-state index in [0.29, 0.717) is 36.2 Å². The van der Waals surface area contributed by atoms with Crippen molar-refractivity contribution in [2.24, 2.45) is 56.7 Å². The van der Waals surface area contributed by atoms with Gasteiger partial charge in [-0.2, -0.15) is 0 Å². The van der Waals surface area contributed by atoms with Gasteiger partial charge in [-0.05, 0) is 122 Å². The topological polar surface area (TPSA) is 83.8 Å². The molecule has 5 nitrogen and oxygen atoms in total. The summed E-state index contributed by atoms with van der Waals surface area (Å²) < 4.78 is 5.99. The highest BCUT2D eigenvalue weighted by Crippen LogP contribution is 2.77. The Labute approximate surface area is 236 Å². The minimum atomic E-state index is -0.954. The van der Waals surface area contributed by atoms with E-state index in [4.69, 9.17) is 9.84 Å². The van der Waals surface area contributed by atoms with E-state index in [1.807, 2.05) is 0 Å². The second kappa shape index (κ2) is 9.60. The Morgan fingerprint density at radius 2 is 1.56 bits per heavy atom. The molecule has 0 radical (unpaired) electrons. The summed E-state index contributed by atoms with van der Waals surface area (Å²) in [5.74, 6) is 1.53. The molecule has 5 fully saturated rings. The summed E-state index contributed by atoms with van der Waals surface area (Å²) >= 11 is 0. The normalized spacial score (nSPS) is 48.2. The lowest BCUT2D eigenvalue weighted by molar-refractivity contribution is -0.251. The van der Waals surface area contributed by atoms with Gasteiger partial charge in [0.2, 0.25) is 0 Å². The Morgan fingerprint density at radius 3 is 2.21 bits per heavy atom. The van der Waals surface area contributed by atoms with Gasteiger partial charge in [0.25, 0.3) is 0 Å². The van der Waals surface area contributed by atoms with E-state index < -0.39 is 5.97 Å². The number of aliphatic carboxylic acids is 1. The lowest BCUT2D eigenvalue weighted by Gasteiger charge is -2.73. The van der Waals surface area contributed by atoms with Crippen molar-refractivity contribution in [3.63, 3.8) is 0 Å². The van der Waals surface area contributed by atoms with Gasteiger partial charge in [0.05, 0.1) is 12.8 Å². The minimum absolute atomic E-state index is 0.0496. The largest absolute Gasteiger partial charge is 0.481 e. The third-order valence-corrected chi connectivity index (χ3v) is 14.3. The van der Waals surface area contributed by atoms with Crippen LogP contribution in [0.15, 0.2) is 12.2 Å². The van der Waals surface area contributed by atoms with Gasteiger partial charge < -0.3 is 14.9 Å². The van der Waals surface area contributed by atoms with Gasteiger partial charge in [0.1, 0.15) is 6.10 Å². The zero-order valence-electron chi connectivity index (χ0n) is 25.5. The average Bonchev–Trinajstić information content (AvgIpc) is 3.25. The average molecular weight is 543 g/mol. The quantitative estimate of drug-likeness (QED) is 0.270. The molecule has 0 amide bonds. The Morgan fingerprint density at radius 1 is 0.846 bits per heavy atom. The predicted octanol–water partition coefficient (Wildman–Crippen LogP) is 7.41. The molecule has 0 heterocycles. The van der Waals surface area contributed by atoms with Gasteiger partial charge in [0.15, 0.2) is 0 Å². The first-order valence-electron chi connectivity index (χ1n) is 15.8. The van der Waals surface area contributed by atoms with Gasteiger partial charge >= 0.3 is 11.9 Å². The maximum Gasteiger partial charge on any atom is 0.306 e. The lowest BCUT2D eigenvalue weighted by atomic mass is 9.32. The molecule has 0 unspecified atom stereocenters. The number of allylic oxidation sites excluding steroid dienone is 1. The van der Waals surface area contributed by atoms with Crippen molar-refractivity contribution in [1.82, 2.24) is 0 Å². The van der Waals surface area contributed by atoms with E-state index in [-0.39, 0.29) is 52.0 Å². The van der Waals surface area contributed by atoms with Crippen LogP contribution in [0.3, 0.4) is 0 Å². The Hall–Kier alpha value is -1.36. The molecule has 0 aliphatic heterocycles. The van der Waals surface area contributed by atoms with Crippen molar-refractivity contribution in [2.45, 2.75) is 125 Å². The van der Waals surface area contributed by atoms with E-state index in [1.165, 1.54) is 37.7 Å². The fourth-order valence-corrected chi connectivity index (χ4v) is 12.2. The number of carbonyl (C=O) groups excluding carboxylic acids is 1. The number of ether oxygens (including phenoxy) is 1. The van der Waals surface area contributed by atoms with Crippen molar-refractivity contribution >= 4 is 11.9 Å². The zero-order chi connectivity index (χ0) is 28.6. The summed E-state index contributed by atoms with van der Waals surface area (Å²) in [6.45, 7) is 19.4. The molecule has 0 aromatic carbocycles. The van der Waals surface area contributed by atoms with Crippen LogP contribution in [0.5, 0.6) is 0 Å². The molecule has 39 heavy (non-hydrogen) atoms. The molecule has 0 spiro atoms. The van der Waals surface area contributed by atoms with Gasteiger partial charge in [-0.1, -0.05) is 46.8 Å². The number of carboxylic acids is 1. The number of carbonyl (C=O) groups is 2. The molecule has 2 N–H and O–H groups in total. The zero-order valence-corrected chi connectivity index (χ0v) is 25.5. The monoisotopic (exact) mass is 542 g/mol. The summed E-state index contributed by atoms with van der Waals surface area (Å²) in [5, 5.41) is 19.7. The molecule has 5 aliphatic carbocycles. The Kier molecular flexibility index (Phi) is 7.17. The number of hydrogen-bond donors (Lipinski definition) is 2. The van der Waals surface area contributed by atoms with Crippen molar-refractivity contribution in [3.05, 3.63) is 12.2 Å². The summed E-state index contributed by atoms with van der Waals surface area (Å²) in [7, 11) is 0. The van der Waals surface area contributed by atoms with Crippen LogP contribution in [0, 0.1) is 56.7 Å². The number of carboxylic acid groups (broad SMARTS) is 1. The minimum Gasteiger partial charge on any atom is -0.481 e. The highest BCUT2D eigenvalue weighted by atomic mass is 16.5. The number of aliphatic hydroxyl groups excluding tert-OH is 1. The molecule has 10 atom stereocenters. The number of hydrogen-bond acceptors (Lipinski definition) is 4. The molecule has 5 aliphatic rings. The van der Waals surface area contributed by atoms with Gasteiger partial charge in [-0.15, -0.1) is 0 Å². The first-order chi connectivity index (χ1) is 18.2. The van der Waals surface area contributed by atoms with Crippen molar-refractivity contribution in [3.8, 4) is 0 Å². The summed E-state index contributed by atoms with van der Waals surface area (Å²) in [4.78, 5) is 23.5. The molecule has 0 saturated heterocycles. The second-order valence-corrected chi connectivity index (χ2v) is 15.9. The predicted molar refractivity (Wildman–Crippen MR) is 153 cm³/mol. The number of rotatable bonds is 6. The van der Waals surface area contributed by atoms with E-state index in [2.05, 4.69) is 48.1 Å². The third-order valence-electron chi connectivity index (χ3n) is 14.3. The molecule has 5 heteroatoms. The second-order valence-electron chi connectivity index (χ2n) is 15.9. The highest BCUT2D eigenvalue weighted by Gasteiger charge is 2.71. The van der Waals surface area contributed by atoms with Crippen LogP contribution in [0.25, 0.3) is 0 Å². The third kappa shape index (κ3) is 4.09. The van der Waals surface area contributed by atoms with Crippen LogP contribution in [0.2, 0.25) is 0 Å². The molecule has 5 rings (SSSR count). The van der Waals surface area contributed by atoms with Crippen LogP contribution < -0.4 is 0 Å². The summed E-state index contributed by atoms with van der Waals surface area (Å²) in [6, 6.07) is 0.